The zero-order chi connectivity index (χ0) is 12.1. The molecular weight excluding hydrogens is 273 g/mol. The summed E-state index contributed by atoms with van der Waals surface area (Å²) < 4.78 is 5.54. The Balaban J connectivity index is 0.00000162. The molecule has 2 rings (SSSR count). The van der Waals surface area contributed by atoms with Gasteiger partial charge in [0.05, 0.1) is 6.61 Å². The van der Waals surface area contributed by atoms with Gasteiger partial charge < -0.3 is 10.1 Å². The minimum atomic E-state index is 0. The summed E-state index contributed by atoms with van der Waals surface area (Å²) in [6, 6.07) is 2.11. The van der Waals surface area contributed by atoms with Crippen LogP contribution in [0.2, 0.25) is 5.15 Å². The second-order valence-electron chi connectivity index (χ2n) is 4.46. The Morgan fingerprint density at radius 3 is 3.00 bits per heavy atom. The molecule has 4 nitrogen and oxygen atoms in total. The largest absolute Gasteiger partial charge is 0.463 e. The van der Waals surface area contributed by atoms with Crippen molar-refractivity contribution >= 4 is 24.0 Å². The van der Waals surface area contributed by atoms with E-state index in [1.54, 1.807) is 6.07 Å². The summed E-state index contributed by atoms with van der Waals surface area (Å²) in [5.74, 6) is 0.712. The Hall–Kier alpha value is -0.580. The van der Waals surface area contributed by atoms with Gasteiger partial charge in [0.2, 0.25) is 0 Å². The number of nitrogens with one attached hydrogen (secondary N) is 1. The van der Waals surface area contributed by atoms with E-state index < -0.39 is 0 Å². The molecule has 0 aliphatic carbocycles. The molecule has 1 N–H and O–H groups in total. The van der Waals surface area contributed by atoms with Crippen LogP contribution in [-0.4, -0.2) is 29.7 Å². The molecule has 1 unspecified atom stereocenters. The standard InChI is InChI=1S/C12H18ClN3O.ClH/c1-9-7-11(13)16-12(15-9)17-6-4-10-3-2-5-14-8-10;/h7,10,14H,2-6,8H2,1H3;1H. The normalized spacial score (nSPS) is 19.1. The number of rotatable bonds is 4. The van der Waals surface area contributed by atoms with Crippen LogP contribution in [0.15, 0.2) is 6.07 Å². The average molecular weight is 292 g/mol. The minimum Gasteiger partial charge on any atom is -0.463 e. The summed E-state index contributed by atoms with van der Waals surface area (Å²) in [5, 5.41) is 3.83. The maximum atomic E-state index is 5.84. The fourth-order valence-corrected chi connectivity index (χ4v) is 2.29. The number of piperidine rings is 1. The molecule has 1 aliphatic rings. The van der Waals surface area contributed by atoms with E-state index in [-0.39, 0.29) is 12.4 Å². The van der Waals surface area contributed by atoms with Crippen molar-refractivity contribution in [3.63, 3.8) is 0 Å². The predicted molar refractivity (Wildman–Crippen MR) is 74.7 cm³/mol. The smallest absolute Gasteiger partial charge is 0.318 e. The van der Waals surface area contributed by atoms with E-state index in [1.165, 1.54) is 12.8 Å². The molecule has 1 fully saturated rings. The Bertz CT molecular complexity index is 350. The number of halogens is 2. The number of hydrogen-bond acceptors (Lipinski definition) is 4. The van der Waals surface area contributed by atoms with Gasteiger partial charge in [0.1, 0.15) is 5.15 Å². The Kier molecular flexibility index (Phi) is 6.68. The van der Waals surface area contributed by atoms with Crippen LogP contribution in [0, 0.1) is 12.8 Å². The fraction of sp³-hybridized carbons (Fsp3) is 0.667. The van der Waals surface area contributed by atoms with Crippen molar-refractivity contribution in [3.05, 3.63) is 16.9 Å². The molecule has 1 atom stereocenters. The van der Waals surface area contributed by atoms with E-state index in [4.69, 9.17) is 16.3 Å². The molecular formula is C12H19Cl2N3O. The quantitative estimate of drug-likeness (QED) is 0.867. The van der Waals surface area contributed by atoms with Crippen LogP contribution in [-0.2, 0) is 0 Å². The van der Waals surface area contributed by atoms with Gasteiger partial charge >= 0.3 is 6.01 Å². The third-order valence-corrected chi connectivity index (χ3v) is 3.15. The molecule has 1 aromatic rings. The van der Waals surface area contributed by atoms with Crippen molar-refractivity contribution in [3.8, 4) is 6.01 Å². The Labute approximate surface area is 119 Å². The summed E-state index contributed by atoms with van der Waals surface area (Å²) in [7, 11) is 0. The van der Waals surface area contributed by atoms with Gasteiger partial charge in [0.15, 0.2) is 0 Å². The van der Waals surface area contributed by atoms with Crippen molar-refractivity contribution < 1.29 is 4.74 Å². The van der Waals surface area contributed by atoms with E-state index >= 15 is 0 Å². The number of ether oxygens (including phenoxy) is 1. The maximum absolute atomic E-state index is 5.84. The molecule has 1 saturated heterocycles. The molecule has 0 saturated carbocycles. The van der Waals surface area contributed by atoms with Crippen LogP contribution in [0.1, 0.15) is 25.0 Å². The summed E-state index contributed by atoms with van der Waals surface area (Å²) >= 11 is 5.84. The predicted octanol–water partition coefficient (Wildman–Crippen LogP) is 2.63. The highest BCUT2D eigenvalue weighted by Gasteiger charge is 2.13. The average Bonchev–Trinajstić information content (AvgIpc) is 2.29. The van der Waals surface area contributed by atoms with E-state index in [0.29, 0.717) is 23.7 Å². The number of aromatic nitrogens is 2. The molecule has 1 aliphatic heterocycles. The van der Waals surface area contributed by atoms with E-state index in [1.807, 2.05) is 6.92 Å². The summed E-state index contributed by atoms with van der Waals surface area (Å²) in [6.45, 7) is 4.78. The van der Waals surface area contributed by atoms with Crippen LogP contribution in [0.5, 0.6) is 6.01 Å². The van der Waals surface area contributed by atoms with Crippen molar-refractivity contribution in [1.29, 1.82) is 0 Å². The summed E-state index contributed by atoms with van der Waals surface area (Å²) in [5.41, 5.74) is 0.833. The molecule has 0 amide bonds. The highest BCUT2D eigenvalue weighted by Crippen LogP contribution is 2.15. The second kappa shape index (κ2) is 7.77. The Morgan fingerprint density at radius 2 is 2.33 bits per heavy atom. The number of aryl methyl sites for hydroxylation is 1. The molecule has 102 valence electrons. The molecule has 2 heterocycles. The summed E-state index contributed by atoms with van der Waals surface area (Å²) in [4.78, 5) is 8.22. The molecule has 1 aromatic heterocycles. The molecule has 0 radical (unpaired) electrons. The van der Waals surface area contributed by atoms with Crippen molar-refractivity contribution in [2.75, 3.05) is 19.7 Å². The Morgan fingerprint density at radius 1 is 1.50 bits per heavy atom. The highest BCUT2D eigenvalue weighted by atomic mass is 35.5. The highest BCUT2D eigenvalue weighted by molar-refractivity contribution is 6.29. The van der Waals surface area contributed by atoms with Gasteiger partial charge in [0, 0.05) is 5.69 Å². The van der Waals surface area contributed by atoms with E-state index in [0.717, 1.165) is 25.2 Å². The first kappa shape index (κ1) is 15.5. The van der Waals surface area contributed by atoms with Crippen LogP contribution in [0.3, 0.4) is 0 Å². The van der Waals surface area contributed by atoms with E-state index in [2.05, 4.69) is 15.3 Å². The van der Waals surface area contributed by atoms with Gasteiger partial charge in [-0.2, -0.15) is 4.98 Å². The summed E-state index contributed by atoms with van der Waals surface area (Å²) in [6.07, 6.45) is 3.59. The zero-order valence-corrected chi connectivity index (χ0v) is 12.1. The molecule has 18 heavy (non-hydrogen) atoms. The lowest BCUT2D eigenvalue weighted by atomic mass is 9.97. The first-order valence-corrected chi connectivity index (χ1v) is 6.46. The van der Waals surface area contributed by atoms with Crippen molar-refractivity contribution in [2.45, 2.75) is 26.2 Å². The van der Waals surface area contributed by atoms with Crippen molar-refractivity contribution in [2.24, 2.45) is 5.92 Å². The van der Waals surface area contributed by atoms with Gasteiger partial charge in [-0.1, -0.05) is 11.6 Å². The third kappa shape index (κ3) is 4.96. The van der Waals surface area contributed by atoms with Gasteiger partial charge in [-0.05, 0) is 51.3 Å². The second-order valence-corrected chi connectivity index (χ2v) is 4.85. The van der Waals surface area contributed by atoms with E-state index in [9.17, 15) is 0 Å². The SMILES string of the molecule is Cc1cc(Cl)nc(OCCC2CCCNC2)n1.Cl. The lowest BCUT2D eigenvalue weighted by molar-refractivity contribution is 0.239. The van der Waals surface area contributed by atoms with Gasteiger partial charge in [-0.3, -0.25) is 0 Å². The van der Waals surface area contributed by atoms with Crippen LogP contribution < -0.4 is 10.1 Å². The topological polar surface area (TPSA) is 47.0 Å². The van der Waals surface area contributed by atoms with Crippen LogP contribution in [0.4, 0.5) is 0 Å². The molecule has 6 heteroatoms. The lowest BCUT2D eigenvalue weighted by Gasteiger charge is -2.22. The molecule has 0 spiro atoms. The van der Waals surface area contributed by atoms with Crippen LogP contribution >= 0.6 is 24.0 Å². The maximum Gasteiger partial charge on any atom is 0.318 e. The minimum absolute atomic E-state index is 0. The first-order valence-electron chi connectivity index (χ1n) is 6.09. The molecule has 0 bridgehead atoms. The first-order chi connectivity index (χ1) is 8.24. The lowest BCUT2D eigenvalue weighted by Crippen LogP contribution is -2.30. The van der Waals surface area contributed by atoms with Gasteiger partial charge in [-0.25, -0.2) is 4.98 Å². The van der Waals surface area contributed by atoms with Crippen molar-refractivity contribution in [1.82, 2.24) is 15.3 Å². The number of nitrogens with zero attached hydrogens (tertiary/aromatic N) is 2. The van der Waals surface area contributed by atoms with Crippen LogP contribution in [0.25, 0.3) is 0 Å². The van der Waals surface area contributed by atoms with Gasteiger partial charge in [0.25, 0.3) is 0 Å². The number of hydrogen-bond donors (Lipinski definition) is 1. The fourth-order valence-electron chi connectivity index (χ4n) is 2.06. The zero-order valence-electron chi connectivity index (χ0n) is 10.5. The third-order valence-electron chi connectivity index (χ3n) is 2.96. The van der Waals surface area contributed by atoms with Gasteiger partial charge in [-0.15, -0.1) is 12.4 Å². The monoisotopic (exact) mass is 291 g/mol. The molecule has 0 aromatic carbocycles.